The minimum atomic E-state index is -4.56. The van der Waals surface area contributed by atoms with Gasteiger partial charge in [-0.05, 0) is 48.4 Å². The van der Waals surface area contributed by atoms with Gasteiger partial charge in [0.2, 0.25) is 0 Å². The van der Waals surface area contributed by atoms with Crippen LogP contribution in [0.2, 0.25) is 0 Å². The molecule has 5 nitrogen and oxygen atoms in total. The predicted molar refractivity (Wildman–Crippen MR) is 123 cm³/mol. The van der Waals surface area contributed by atoms with Gasteiger partial charge in [0.25, 0.3) is 11.8 Å². The number of nitrogens with zero attached hydrogens (tertiary/aromatic N) is 1. The van der Waals surface area contributed by atoms with E-state index >= 15 is 0 Å². The maximum absolute atomic E-state index is 13.5. The van der Waals surface area contributed by atoms with E-state index in [1.807, 2.05) is 19.1 Å². The van der Waals surface area contributed by atoms with Gasteiger partial charge in [-0.3, -0.25) is 9.59 Å². The Morgan fingerprint density at radius 3 is 2.26 bits per heavy atom. The third-order valence-electron chi connectivity index (χ3n) is 5.52. The van der Waals surface area contributed by atoms with Crippen molar-refractivity contribution in [2.24, 2.45) is 0 Å². The minimum absolute atomic E-state index is 0.0134. The molecule has 1 N–H and O–H groups in total. The van der Waals surface area contributed by atoms with E-state index in [1.54, 1.807) is 36.4 Å². The first-order valence-electron chi connectivity index (χ1n) is 10.5. The van der Waals surface area contributed by atoms with E-state index in [0.29, 0.717) is 17.0 Å². The van der Waals surface area contributed by atoms with E-state index in [4.69, 9.17) is 4.74 Å². The second-order valence-corrected chi connectivity index (χ2v) is 7.62. The van der Waals surface area contributed by atoms with Crippen LogP contribution in [0.4, 0.5) is 24.5 Å². The second kappa shape index (κ2) is 9.05. The molecule has 1 aliphatic heterocycles. The fraction of sp³-hybridized carbons (Fsp3) is 0.154. The van der Waals surface area contributed by atoms with Gasteiger partial charge in [-0.2, -0.15) is 13.2 Å². The van der Waals surface area contributed by atoms with Crippen LogP contribution in [0.25, 0.3) is 5.57 Å². The summed E-state index contributed by atoms with van der Waals surface area (Å²) in [7, 11) is 1.43. The summed E-state index contributed by atoms with van der Waals surface area (Å²) >= 11 is 0. The normalized spacial score (nSPS) is 14.1. The predicted octanol–water partition coefficient (Wildman–Crippen LogP) is 5.67. The Labute approximate surface area is 194 Å². The Bertz CT molecular complexity index is 1280. The highest BCUT2D eigenvalue weighted by Crippen LogP contribution is 2.38. The standard InChI is InChI=1S/C26H21F3N2O3/c1-3-16-11-13-19(14-12-16)31-24(32)22(20-9-4-5-10-21(20)34-2)23(25(31)33)30-18-8-6-7-17(15-18)26(27,28)29/h4-15,30H,3H2,1-2H3. The molecular weight excluding hydrogens is 445 g/mol. The van der Waals surface area contributed by atoms with Gasteiger partial charge in [0, 0.05) is 11.3 Å². The van der Waals surface area contributed by atoms with Crippen LogP contribution in [0, 0.1) is 0 Å². The van der Waals surface area contributed by atoms with E-state index in [-0.39, 0.29) is 17.0 Å². The molecule has 2 amide bonds. The Morgan fingerprint density at radius 1 is 0.912 bits per heavy atom. The quantitative estimate of drug-likeness (QED) is 0.476. The van der Waals surface area contributed by atoms with Crippen molar-refractivity contribution in [3.05, 3.63) is 95.2 Å². The number of methoxy groups -OCH3 is 1. The number of anilines is 2. The van der Waals surface area contributed by atoms with Crippen LogP contribution in [-0.4, -0.2) is 18.9 Å². The monoisotopic (exact) mass is 466 g/mol. The number of nitrogens with one attached hydrogen (secondary N) is 1. The lowest BCUT2D eigenvalue weighted by atomic mass is 10.0. The smallest absolute Gasteiger partial charge is 0.416 e. The SMILES string of the molecule is CCc1ccc(N2C(=O)C(Nc3cccc(C(F)(F)F)c3)=C(c3ccccc3OC)C2=O)cc1. The van der Waals surface area contributed by atoms with Crippen molar-refractivity contribution in [1.82, 2.24) is 0 Å². The van der Waals surface area contributed by atoms with Gasteiger partial charge >= 0.3 is 6.18 Å². The topological polar surface area (TPSA) is 58.6 Å². The van der Waals surface area contributed by atoms with Gasteiger partial charge < -0.3 is 10.1 Å². The molecule has 1 aliphatic rings. The van der Waals surface area contributed by atoms with Gasteiger partial charge in [-0.15, -0.1) is 0 Å². The summed E-state index contributed by atoms with van der Waals surface area (Å²) in [5, 5.41) is 2.77. The van der Waals surface area contributed by atoms with Crippen LogP contribution in [-0.2, 0) is 22.2 Å². The zero-order valence-corrected chi connectivity index (χ0v) is 18.4. The van der Waals surface area contributed by atoms with Gasteiger partial charge in [-0.25, -0.2) is 4.90 Å². The van der Waals surface area contributed by atoms with Crippen molar-refractivity contribution in [1.29, 1.82) is 0 Å². The third-order valence-corrected chi connectivity index (χ3v) is 5.52. The van der Waals surface area contributed by atoms with E-state index in [2.05, 4.69) is 5.32 Å². The molecule has 0 atom stereocenters. The number of para-hydroxylation sites is 1. The first kappa shape index (κ1) is 23.1. The summed E-state index contributed by atoms with van der Waals surface area (Å²) in [5.74, 6) is -0.925. The highest BCUT2D eigenvalue weighted by atomic mass is 19.4. The third kappa shape index (κ3) is 4.26. The van der Waals surface area contributed by atoms with Crippen molar-refractivity contribution in [3.63, 3.8) is 0 Å². The Balaban J connectivity index is 1.83. The van der Waals surface area contributed by atoms with Crippen molar-refractivity contribution >= 4 is 28.8 Å². The number of carbonyl (C=O) groups is 2. The van der Waals surface area contributed by atoms with Crippen molar-refractivity contribution in [3.8, 4) is 5.75 Å². The summed E-state index contributed by atoms with van der Waals surface area (Å²) in [5.41, 5.74) is 0.782. The second-order valence-electron chi connectivity index (χ2n) is 7.62. The number of ether oxygens (including phenoxy) is 1. The average molecular weight is 466 g/mol. The minimum Gasteiger partial charge on any atom is -0.496 e. The number of hydrogen-bond donors (Lipinski definition) is 1. The van der Waals surface area contributed by atoms with E-state index < -0.39 is 23.6 Å². The van der Waals surface area contributed by atoms with E-state index in [1.165, 1.54) is 19.2 Å². The number of aryl methyl sites for hydroxylation is 1. The summed E-state index contributed by atoms with van der Waals surface area (Å²) in [6.45, 7) is 1.99. The molecule has 0 unspecified atom stereocenters. The summed E-state index contributed by atoms with van der Waals surface area (Å²) in [6.07, 6.45) is -3.77. The van der Waals surface area contributed by atoms with E-state index in [9.17, 15) is 22.8 Å². The highest BCUT2D eigenvalue weighted by molar-refractivity contribution is 6.46. The van der Waals surface area contributed by atoms with E-state index in [0.717, 1.165) is 29.0 Å². The molecule has 1 heterocycles. The van der Waals surface area contributed by atoms with Crippen molar-refractivity contribution in [2.75, 3.05) is 17.3 Å². The number of halogens is 3. The highest BCUT2D eigenvalue weighted by Gasteiger charge is 2.41. The Kier molecular flexibility index (Phi) is 6.15. The molecule has 174 valence electrons. The van der Waals surface area contributed by atoms with Crippen LogP contribution in [0.3, 0.4) is 0 Å². The zero-order valence-electron chi connectivity index (χ0n) is 18.4. The fourth-order valence-corrected chi connectivity index (χ4v) is 3.78. The molecule has 0 bridgehead atoms. The number of benzene rings is 3. The summed E-state index contributed by atoms with van der Waals surface area (Å²) in [6, 6.07) is 18.1. The average Bonchev–Trinajstić information content (AvgIpc) is 3.07. The summed E-state index contributed by atoms with van der Waals surface area (Å²) in [4.78, 5) is 28.0. The van der Waals surface area contributed by atoms with Crippen LogP contribution in [0.1, 0.15) is 23.6 Å². The van der Waals surface area contributed by atoms with Crippen molar-refractivity contribution < 1.29 is 27.5 Å². The molecule has 0 saturated heterocycles. The molecule has 0 spiro atoms. The lowest BCUT2D eigenvalue weighted by Gasteiger charge is -2.16. The largest absolute Gasteiger partial charge is 0.496 e. The molecule has 0 aliphatic carbocycles. The lowest BCUT2D eigenvalue weighted by Crippen LogP contribution is -2.32. The maximum atomic E-state index is 13.5. The van der Waals surface area contributed by atoms with Gasteiger partial charge in [-0.1, -0.05) is 43.3 Å². The molecular formula is C26H21F3N2O3. The number of carbonyl (C=O) groups excluding carboxylic acids is 2. The van der Waals surface area contributed by atoms with Crippen LogP contribution >= 0.6 is 0 Å². The van der Waals surface area contributed by atoms with Gasteiger partial charge in [0.1, 0.15) is 11.4 Å². The van der Waals surface area contributed by atoms with Gasteiger partial charge in [0.15, 0.2) is 0 Å². The first-order valence-corrected chi connectivity index (χ1v) is 10.5. The Hall–Kier alpha value is -4.07. The zero-order chi connectivity index (χ0) is 24.5. The number of amides is 2. The molecule has 34 heavy (non-hydrogen) atoms. The number of alkyl halides is 3. The molecule has 0 saturated carbocycles. The maximum Gasteiger partial charge on any atom is 0.416 e. The van der Waals surface area contributed by atoms with Crippen LogP contribution in [0.15, 0.2) is 78.5 Å². The fourth-order valence-electron chi connectivity index (χ4n) is 3.78. The first-order chi connectivity index (χ1) is 16.2. The van der Waals surface area contributed by atoms with Crippen LogP contribution in [0.5, 0.6) is 5.75 Å². The number of imide groups is 1. The number of rotatable bonds is 6. The number of hydrogen-bond acceptors (Lipinski definition) is 4. The molecule has 3 aromatic rings. The lowest BCUT2D eigenvalue weighted by molar-refractivity contribution is -0.137. The molecule has 3 aromatic carbocycles. The molecule has 4 rings (SSSR count). The molecule has 8 heteroatoms. The van der Waals surface area contributed by atoms with Gasteiger partial charge in [0.05, 0.1) is 23.9 Å². The van der Waals surface area contributed by atoms with Crippen LogP contribution < -0.4 is 15.0 Å². The Morgan fingerprint density at radius 2 is 1.62 bits per heavy atom. The van der Waals surface area contributed by atoms with Crippen molar-refractivity contribution in [2.45, 2.75) is 19.5 Å². The molecule has 0 radical (unpaired) electrons. The molecule has 0 fully saturated rings. The molecule has 0 aromatic heterocycles. The summed E-state index contributed by atoms with van der Waals surface area (Å²) < 4.78 is 45.0.